The lowest BCUT2D eigenvalue weighted by atomic mass is 10.2. The second kappa shape index (κ2) is 6.05. The minimum atomic E-state index is -3.05. The fourth-order valence-corrected chi connectivity index (χ4v) is 2.79. The molecule has 0 aliphatic rings. The van der Waals surface area contributed by atoms with Gasteiger partial charge in [-0.15, -0.1) is 0 Å². The molecule has 5 nitrogen and oxygen atoms in total. The fourth-order valence-electron chi connectivity index (χ4n) is 1.76. The highest BCUT2D eigenvalue weighted by molar-refractivity contribution is 7.92. The molecule has 1 N–H and O–H groups in total. The summed E-state index contributed by atoms with van der Waals surface area (Å²) in [6.45, 7) is 8.40. The van der Waals surface area contributed by atoms with E-state index in [4.69, 9.17) is 0 Å². The summed E-state index contributed by atoms with van der Waals surface area (Å²) in [4.78, 5) is 0. The van der Waals surface area contributed by atoms with E-state index in [1.807, 2.05) is 13.2 Å². The van der Waals surface area contributed by atoms with Gasteiger partial charge in [0, 0.05) is 31.9 Å². The van der Waals surface area contributed by atoms with Gasteiger partial charge in [0.15, 0.2) is 9.84 Å². The average Bonchev–Trinajstić information content (AvgIpc) is 2.63. The third-order valence-corrected chi connectivity index (χ3v) is 5.73. The number of aryl methyl sites for hydroxylation is 2. The summed E-state index contributed by atoms with van der Waals surface area (Å²) in [6.07, 6.45) is 2.86. The van der Waals surface area contributed by atoms with Crippen LogP contribution in [-0.4, -0.2) is 35.2 Å². The van der Waals surface area contributed by atoms with Crippen LogP contribution in [0, 0.1) is 0 Å². The first-order chi connectivity index (χ1) is 8.67. The smallest absolute Gasteiger partial charge is 0.156 e. The van der Waals surface area contributed by atoms with E-state index in [2.05, 4.69) is 17.3 Å². The minimum absolute atomic E-state index is 0.165. The Hall–Kier alpha value is -0.880. The first kappa shape index (κ1) is 16.2. The van der Waals surface area contributed by atoms with Crippen LogP contribution in [0.25, 0.3) is 0 Å². The van der Waals surface area contributed by atoms with Gasteiger partial charge in [-0.1, -0.05) is 6.92 Å². The topological polar surface area (TPSA) is 64.0 Å². The molecule has 0 aromatic carbocycles. The quantitative estimate of drug-likeness (QED) is 0.801. The Kier molecular flexibility index (Phi) is 5.15. The van der Waals surface area contributed by atoms with Crippen LogP contribution in [0.4, 0.5) is 0 Å². The molecule has 1 rings (SSSR count). The maximum Gasteiger partial charge on any atom is 0.156 e. The van der Waals surface area contributed by atoms with Crippen LogP contribution in [0.2, 0.25) is 0 Å². The summed E-state index contributed by atoms with van der Waals surface area (Å²) >= 11 is 0. The molecular weight excluding hydrogens is 262 g/mol. The van der Waals surface area contributed by atoms with E-state index in [9.17, 15) is 8.42 Å². The van der Waals surface area contributed by atoms with Gasteiger partial charge in [-0.3, -0.25) is 4.68 Å². The number of aromatic nitrogens is 2. The SMILES string of the molecule is CCc1nn(C)cc1CNCCS(=O)(=O)C(C)(C)C. The van der Waals surface area contributed by atoms with Crippen molar-refractivity contribution in [2.24, 2.45) is 7.05 Å². The van der Waals surface area contributed by atoms with Gasteiger partial charge in [-0.25, -0.2) is 8.42 Å². The zero-order chi connectivity index (χ0) is 14.7. The predicted octanol–water partition coefficient (Wildman–Crippen LogP) is 1.29. The monoisotopic (exact) mass is 287 g/mol. The lowest BCUT2D eigenvalue weighted by Gasteiger charge is -2.19. The molecule has 0 spiro atoms. The number of nitrogens with one attached hydrogen (secondary N) is 1. The average molecular weight is 287 g/mol. The standard InChI is InChI=1S/C13H25N3O2S/c1-6-12-11(10-16(5)15-12)9-14-7-8-19(17,18)13(2,3)4/h10,14H,6-9H2,1-5H3. The first-order valence-electron chi connectivity index (χ1n) is 6.62. The Balaban J connectivity index is 2.48. The van der Waals surface area contributed by atoms with Gasteiger partial charge in [0.1, 0.15) is 0 Å². The van der Waals surface area contributed by atoms with Crippen molar-refractivity contribution >= 4 is 9.84 Å². The first-order valence-corrected chi connectivity index (χ1v) is 8.27. The van der Waals surface area contributed by atoms with E-state index in [0.29, 0.717) is 13.1 Å². The van der Waals surface area contributed by atoms with Crippen molar-refractivity contribution < 1.29 is 8.42 Å². The van der Waals surface area contributed by atoms with E-state index in [0.717, 1.165) is 17.7 Å². The molecule has 0 unspecified atom stereocenters. The number of rotatable bonds is 6. The predicted molar refractivity (Wildman–Crippen MR) is 77.8 cm³/mol. The zero-order valence-corrected chi connectivity index (χ0v) is 13.3. The van der Waals surface area contributed by atoms with Crippen LogP contribution < -0.4 is 5.32 Å². The van der Waals surface area contributed by atoms with Crippen molar-refractivity contribution in [1.82, 2.24) is 15.1 Å². The van der Waals surface area contributed by atoms with E-state index in [-0.39, 0.29) is 5.75 Å². The summed E-state index contributed by atoms with van der Waals surface area (Å²) in [5, 5.41) is 7.54. The zero-order valence-electron chi connectivity index (χ0n) is 12.5. The Morgan fingerprint density at radius 2 is 2.00 bits per heavy atom. The van der Waals surface area contributed by atoms with Crippen molar-refractivity contribution in [2.75, 3.05) is 12.3 Å². The van der Waals surface area contributed by atoms with Crippen LogP contribution in [0.1, 0.15) is 39.0 Å². The van der Waals surface area contributed by atoms with Crippen molar-refractivity contribution in [3.8, 4) is 0 Å². The highest BCUT2D eigenvalue weighted by Gasteiger charge is 2.28. The van der Waals surface area contributed by atoms with Gasteiger partial charge in [-0.2, -0.15) is 5.10 Å². The molecule has 0 amide bonds. The number of nitrogens with zero attached hydrogens (tertiary/aromatic N) is 2. The lowest BCUT2D eigenvalue weighted by Crippen LogP contribution is -2.34. The van der Waals surface area contributed by atoms with Crippen molar-refractivity contribution in [3.05, 3.63) is 17.5 Å². The van der Waals surface area contributed by atoms with Crippen LogP contribution >= 0.6 is 0 Å². The molecular formula is C13H25N3O2S. The summed E-state index contributed by atoms with van der Waals surface area (Å²) < 4.78 is 25.0. The van der Waals surface area contributed by atoms with Crippen LogP contribution in [0.15, 0.2) is 6.20 Å². The molecule has 1 aromatic rings. The van der Waals surface area contributed by atoms with Crippen molar-refractivity contribution in [2.45, 2.75) is 45.4 Å². The highest BCUT2D eigenvalue weighted by atomic mass is 32.2. The molecule has 0 radical (unpaired) electrons. The molecule has 19 heavy (non-hydrogen) atoms. The summed E-state index contributed by atoms with van der Waals surface area (Å²) in [6, 6.07) is 0. The Labute approximate surface area is 116 Å². The van der Waals surface area contributed by atoms with Gasteiger partial charge < -0.3 is 5.32 Å². The molecule has 0 saturated carbocycles. The highest BCUT2D eigenvalue weighted by Crippen LogP contribution is 2.15. The summed E-state index contributed by atoms with van der Waals surface area (Å²) in [5.41, 5.74) is 2.20. The maximum absolute atomic E-state index is 11.9. The third-order valence-electron chi connectivity index (χ3n) is 3.12. The molecule has 110 valence electrons. The molecule has 0 aliphatic heterocycles. The second-order valence-corrected chi connectivity index (χ2v) is 8.60. The van der Waals surface area contributed by atoms with Gasteiger partial charge >= 0.3 is 0 Å². The largest absolute Gasteiger partial charge is 0.312 e. The Bertz CT molecular complexity index is 512. The molecule has 1 aromatic heterocycles. The normalized spacial score (nSPS) is 12.9. The minimum Gasteiger partial charge on any atom is -0.312 e. The van der Waals surface area contributed by atoms with Gasteiger partial charge in [0.2, 0.25) is 0 Å². The van der Waals surface area contributed by atoms with E-state index < -0.39 is 14.6 Å². The molecule has 0 fully saturated rings. The molecule has 0 aliphatic carbocycles. The fraction of sp³-hybridized carbons (Fsp3) is 0.769. The maximum atomic E-state index is 11.9. The third kappa shape index (κ3) is 4.31. The van der Waals surface area contributed by atoms with Gasteiger partial charge in [-0.05, 0) is 27.2 Å². The van der Waals surface area contributed by atoms with Crippen LogP contribution in [0.3, 0.4) is 0 Å². The van der Waals surface area contributed by atoms with E-state index in [1.54, 1.807) is 25.5 Å². The molecule has 1 heterocycles. The molecule has 6 heteroatoms. The molecule has 0 saturated heterocycles. The molecule has 0 bridgehead atoms. The number of hydrogen-bond acceptors (Lipinski definition) is 4. The van der Waals surface area contributed by atoms with Crippen LogP contribution in [-0.2, 0) is 29.9 Å². The second-order valence-electron chi connectivity index (χ2n) is 5.74. The van der Waals surface area contributed by atoms with E-state index in [1.165, 1.54) is 0 Å². The van der Waals surface area contributed by atoms with Crippen molar-refractivity contribution in [3.63, 3.8) is 0 Å². The number of hydrogen-bond donors (Lipinski definition) is 1. The number of sulfone groups is 1. The van der Waals surface area contributed by atoms with Crippen molar-refractivity contribution in [1.29, 1.82) is 0 Å². The Morgan fingerprint density at radius 1 is 1.37 bits per heavy atom. The summed E-state index contributed by atoms with van der Waals surface area (Å²) in [7, 11) is -1.15. The molecule has 0 atom stereocenters. The lowest BCUT2D eigenvalue weighted by molar-refractivity contribution is 0.555. The van der Waals surface area contributed by atoms with E-state index >= 15 is 0 Å². The van der Waals surface area contributed by atoms with Crippen LogP contribution in [0.5, 0.6) is 0 Å². The van der Waals surface area contributed by atoms with Gasteiger partial charge in [0.25, 0.3) is 0 Å². The van der Waals surface area contributed by atoms with Gasteiger partial charge in [0.05, 0.1) is 16.2 Å². The Morgan fingerprint density at radius 3 is 2.53 bits per heavy atom. The summed E-state index contributed by atoms with van der Waals surface area (Å²) in [5.74, 6) is 0.165.